The van der Waals surface area contributed by atoms with E-state index in [2.05, 4.69) is 20.6 Å². The van der Waals surface area contributed by atoms with Crippen molar-refractivity contribution in [1.29, 1.82) is 0 Å². The fraction of sp³-hybridized carbons (Fsp3) is 0.286. The molecular formula is C21H23N5O4S. The zero-order chi connectivity index (χ0) is 22.0. The van der Waals surface area contributed by atoms with Gasteiger partial charge in [-0.3, -0.25) is 0 Å². The van der Waals surface area contributed by atoms with Gasteiger partial charge in [-0.1, -0.05) is 29.8 Å². The van der Waals surface area contributed by atoms with E-state index in [1.54, 1.807) is 12.1 Å². The average Bonchev–Trinajstić information content (AvgIpc) is 2.87. The smallest absolute Gasteiger partial charge is 0.404 e. The van der Waals surface area contributed by atoms with E-state index >= 15 is 0 Å². The van der Waals surface area contributed by atoms with E-state index in [1.165, 1.54) is 0 Å². The quantitative estimate of drug-likeness (QED) is 0.516. The number of nitrogens with one attached hydrogen (secondary N) is 2. The molecule has 162 valence electrons. The first-order valence-corrected chi connectivity index (χ1v) is 11.5. The Bertz CT molecular complexity index is 1250. The topological polar surface area (TPSA) is 125 Å². The zero-order valence-electron chi connectivity index (χ0n) is 17.0. The monoisotopic (exact) mass is 441 g/mol. The van der Waals surface area contributed by atoms with Crippen LogP contribution >= 0.6 is 0 Å². The number of nitrogens with zero attached hydrogens (tertiary/aromatic N) is 3. The van der Waals surface area contributed by atoms with Crippen molar-refractivity contribution in [1.82, 2.24) is 15.3 Å². The Labute approximate surface area is 180 Å². The standard InChI is InChI=1S/C21H23N5O4S/c1-14-6-7-17-16(12-14)19(22-8-9-23-21(27)28)25-20(24-17)26-10-11-31(29,30)18-5-3-2-4-15(18)13-26/h2-7,12,23H,8-11,13H2,1H3,(H,27,28)(H,22,24,25). The molecule has 9 nitrogen and oxygen atoms in total. The number of sulfone groups is 1. The number of fused-ring (bicyclic) bond motifs is 2. The van der Waals surface area contributed by atoms with Crippen LogP contribution in [0.2, 0.25) is 0 Å². The van der Waals surface area contributed by atoms with Crippen molar-refractivity contribution in [3.63, 3.8) is 0 Å². The molecule has 1 aliphatic heterocycles. The van der Waals surface area contributed by atoms with Gasteiger partial charge in [-0.15, -0.1) is 0 Å². The third kappa shape index (κ3) is 4.53. The summed E-state index contributed by atoms with van der Waals surface area (Å²) in [5.74, 6) is 0.984. The van der Waals surface area contributed by atoms with Crippen LogP contribution in [0.3, 0.4) is 0 Å². The van der Waals surface area contributed by atoms with Crippen LogP contribution in [0.25, 0.3) is 10.9 Å². The molecule has 2 heterocycles. The number of aromatic nitrogens is 2. The van der Waals surface area contributed by atoms with Crippen LogP contribution < -0.4 is 15.5 Å². The number of carbonyl (C=O) groups is 1. The Kier molecular flexibility index (Phi) is 5.64. The molecule has 0 radical (unpaired) electrons. The van der Waals surface area contributed by atoms with Crippen molar-refractivity contribution in [2.45, 2.75) is 18.4 Å². The predicted molar refractivity (Wildman–Crippen MR) is 118 cm³/mol. The Morgan fingerprint density at radius 2 is 1.97 bits per heavy atom. The van der Waals surface area contributed by atoms with Crippen molar-refractivity contribution >= 4 is 38.6 Å². The Morgan fingerprint density at radius 3 is 2.77 bits per heavy atom. The molecule has 0 spiro atoms. The third-order valence-electron chi connectivity index (χ3n) is 5.11. The first kappa shape index (κ1) is 20.9. The van der Waals surface area contributed by atoms with E-state index in [4.69, 9.17) is 5.11 Å². The lowest BCUT2D eigenvalue weighted by Crippen LogP contribution is -2.29. The molecule has 3 aromatic rings. The summed E-state index contributed by atoms with van der Waals surface area (Å²) < 4.78 is 25.4. The van der Waals surface area contributed by atoms with Crippen LogP contribution in [0.1, 0.15) is 11.1 Å². The molecule has 0 fully saturated rings. The molecule has 1 aliphatic rings. The Morgan fingerprint density at radius 1 is 1.16 bits per heavy atom. The second-order valence-corrected chi connectivity index (χ2v) is 9.48. The SMILES string of the molecule is Cc1ccc2nc(N3CCS(=O)(=O)c4ccccc4C3)nc(NCCNC(=O)O)c2c1. The van der Waals surface area contributed by atoms with Gasteiger partial charge in [-0.2, -0.15) is 4.98 Å². The molecule has 0 atom stereocenters. The van der Waals surface area contributed by atoms with Gasteiger partial charge < -0.3 is 20.6 Å². The van der Waals surface area contributed by atoms with Gasteiger partial charge in [0.1, 0.15) is 5.82 Å². The summed E-state index contributed by atoms with van der Waals surface area (Å²) >= 11 is 0. The van der Waals surface area contributed by atoms with Crippen LogP contribution in [-0.4, -0.2) is 55.0 Å². The second kappa shape index (κ2) is 8.38. The van der Waals surface area contributed by atoms with Crippen molar-refractivity contribution in [2.75, 3.05) is 35.6 Å². The van der Waals surface area contributed by atoms with Gasteiger partial charge in [0.25, 0.3) is 0 Å². The highest BCUT2D eigenvalue weighted by atomic mass is 32.2. The van der Waals surface area contributed by atoms with E-state index in [9.17, 15) is 13.2 Å². The van der Waals surface area contributed by atoms with Crippen molar-refractivity contribution in [3.8, 4) is 0 Å². The maximum atomic E-state index is 12.7. The molecule has 0 saturated carbocycles. The molecule has 0 bridgehead atoms. The summed E-state index contributed by atoms with van der Waals surface area (Å²) in [6.07, 6.45) is -1.09. The maximum absolute atomic E-state index is 12.7. The van der Waals surface area contributed by atoms with E-state index < -0.39 is 15.9 Å². The van der Waals surface area contributed by atoms with Crippen LogP contribution in [0.15, 0.2) is 47.4 Å². The molecule has 3 N–H and O–H groups in total. The minimum Gasteiger partial charge on any atom is -0.465 e. The Balaban J connectivity index is 1.70. The lowest BCUT2D eigenvalue weighted by molar-refractivity contribution is 0.195. The number of amides is 1. The molecule has 2 aromatic carbocycles. The summed E-state index contributed by atoms with van der Waals surface area (Å²) in [6.45, 7) is 3.20. The molecule has 4 rings (SSSR count). The number of carboxylic acid groups (broad SMARTS) is 1. The van der Waals surface area contributed by atoms with Gasteiger partial charge in [0.2, 0.25) is 5.95 Å². The molecule has 1 amide bonds. The van der Waals surface area contributed by atoms with Gasteiger partial charge in [-0.05, 0) is 30.7 Å². The average molecular weight is 442 g/mol. The normalized spacial score (nSPS) is 15.2. The highest BCUT2D eigenvalue weighted by Gasteiger charge is 2.26. The van der Waals surface area contributed by atoms with Crippen molar-refractivity contribution < 1.29 is 18.3 Å². The van der Waals surface area contributed by atoms with E-state index in [0.29, 0.717) is 35.3 Å². The van der Waals surface area contributed by atoms with Crippen molar-refractivity contribution in [3.05, 3.63) is 53.6 Å². The van der Waals surface area contributed by atoms with Gasteiger partial charge in [0, 0.05) is 31.6 Å². The largest absolute Gasteiger partial charge is 0.465 e. The van der Waals surface area contributed by atoms with Crippen LogP contribution in [0.4, 0.5) is 16.6 Å². The Hall–Kier alpha value is -3.40. The number of aryl methyl sites for hydroxylation is 1. The van der Waals surface area contributed by atoms with E-state index in [1.807, 2.05) is 42.2 Å². The molecule has 1 aromatic heterocycles. The minimum absolute atomic E-state index is 0.0232. The van der Waals surface area contributed by atoms with Gasteiger partial charge >= 0.3 is 6.09 Å². The van der Waals surface area contributed by atoms with Crippen LogP contribution in [0.5, 0.6) is 0 Å². The fourth-order valence-electron chi connectivity index (χ4n) is 3.59. The highest BCUT2D eigenvalue weighted by molar-refractivity contribution is 7.91. The van der Waals surface area contributed by atoms with Gasteiger partial charge in [0.15, 0.2) is 9.84 Å². The fourth-order valence-corrected chi connectivity index (χ4v) is 5.09. The molecular weight excluding hydrogens is 418 g/mol. The number of benzene rings is 2. The number of anilines is 2. The van der Waals surface area contributed by atoms with E-state index in [-0.39, 0.29) is 18.8 Å². The lowest BCUT2D eigenvalue weighted by Gasteiger charge is -2.22. The highest BCUT2D eigenvalue weighted by Crippen LogP contribution is 2.28. The zero-order valence-corrected chi connectivity index (χ0v) is 17.8. The van der Waals surface area contributed by atoms with Crippen LogP contribution in [-0.2, 0) is 16.4 Å². The lowest BCUT2D eigenvalue weighted by atomic mass is 10.1. The summed E-state index contributed by atoms with van der Waals surface area (Å²) in [7, 11) is -3.38. The number of rotatable bonds is 5. The van der Waals surface area contributed by atoms with Crippen LogP contribution in [0, 0.1) is 6.92 Å². The molecule has 31 heavy (non-hydrogen) atoms. The molecule has 0 aliphatic carbocycles. The summed E-state index contributed by atoms with van der Waals surface area (Å²) in [5, 5.41) is 15.1. The van der Waals surface area contributed by atoms with E-state index in [0.717, 1.165) is 16.5 Å². The molecule has 0 saturated heterocycles. The predicted octanol–water partition coefficient (Wildman–Crippen LogP) is 2.41. The summed E-state index contributed by atoms with van der Waals surface area (Å²) in [5.41, 5.74) is 2.49. The first-order chi connectivity index (χ1) is 14.8. The minimum atomic E-state index is -3.38. The molecule has 0 unspecified atom stereocenters. The van der Waals surface area contributed by atoms with Crippen molar-refractivity contribution in [2.24, 2.45) is 0 Å². The number of hydrogen-bond acceptors (Lipinski definition) is 7. The molecule has 10 heteroatoms. The summed E-state index contributed by atoms with van der Waals surface area (Å²) in [4.78, 5) is 22.3. The third-order valence-corrected chi connectivity index (χ3v) is 6.90. The van der Waals surface area contributed by atoms with Gasteiger partial charge in [-0.25, -0.2) is 18.2 Å². The second-order valence-electron chi connectivity index (χ2n) is 7.40. The maximum Gasteiger partial charge on any atom is 0.404 e. The van der Waals surface area contributed by atoms with Gasteiger partial charge in [0.05, 0.1) is 16.2 Å². The number of hydrogen-bond donors (Lipinski definition) is 3. The summed E-state index contributed by atoms with van der Waals surface area (Å²) in [6, 6.07) is 12.8. The first-order valence-electron chi connectivity index (χ1n) is 9.88.